The van der Waals surface area contributed by atoms with Crippen molar-refractivity contribution in [1.29, 1.82) is 0 Å². The summed E-state index contributed by atoms with van der Waals surface area (Å²) >= 11 is 0. The van der Waals surface area contributed by atoms with Crippen LogP contribution in [0, 0.1) is 17.8 Å². The SMILES string of the molecule is CCCC(C)C(=O)N1C[C@H]2CNC[C@H]2C1.Cl. The van der Waals surface area contributed by atoms with Gasteiger partial charge in [-0.3, -0.25) is 4.79 Å². The molecule has 1 N–H and O–H groups in total. The van der Waals surface area contributed by atoms with E-state index in [1.54, 1.807) is 0 Å². The average Bonchev–Trinajstić information content (AvgIpc) is 2.75. The van der Waals surface area contributed by atoms with E-state index in [1.165, 1.54) is 0 Å². The van der Waals surface area contributed by atoms with Crippen molar-refractivity contribution in [3.05, 3.63) is 0 Å². The van der Waals surface area contributed by atoms with Crippen LogP contribution in [0.15, 0.2) is 0 Å². The van der Waals surface area contributed by atoms with E-state index in [0.29, 0.717) is 5.91 Å². The van der Waals surface area contributed by atoms with E-state index in [4.69, 9.17) is 0 Å². The third kappa shape index (κ3) is 2.69. The summed E-state index contributed by atoms with van der Waals surface area (Å²) in [5, 5.41) is 3.40. The van der Waals surface area contributed by atoms with Gasteiger partial charge in [0.2, 0.25) is 5.91 Å². The Bertz CT molecular complexity index is 235. The van der Waals surface area contributed by atoms with E-state index in [9.17, 15) is 4.79 Å². The highest BCUT2D eigenvalue weighted by molar-refractivity contribution is 5.85. The highest BCUT2D eigenvalue weighted by atomic mass is 35.5. The van der Waals surface area contributed by atoms with Gasteiger partial charge in [-0.15, -0.1) is 12.4 Å². The van der Waals surface area contributed by atoms with Crippen LogP contribution in [-0.2, 0) is 4.79 Å². The Morgan fingerprint density at radius 1 is 1.38 bits per heavy atom. The zero-order valence-electron chi connectivity index (χ0n) is 10.2. The molecule has 0 aromatic heterocycles. The molecule has 0 spiro atoms. The van der Waals surface area contributed by atoms with Crippen molar-refractivity contribution >= 4 is 18.3 Å². The molecular weight excluding hydrogens is 224 g/mol. The summed E-state index contributed by atoms with van der Waals surface area (Å²) in [4.78, 5) is 14.2. The third-order valence-corrected chi connectivity index (χ3v) is 3.84. The van der Waals surface area contributed by atoms with Gasteiger partial charge in [0.15, 0.2) is 0 Å². The van der Waals surface area contributed by atoms with Gasteiger partial charge in [0, 0.05) is 32.1 Å². The van der Waals surface area contributed by atoms with E-state index in [0.717, 1.165) is 50.9 Å². The van der Waals surface area contributed by atoms with Crippen LogP contribution in [0.5, 0.6) is 0 Å². The average molecular weight is 247 g/mol. The van der Waals surface area contributed by atoms with Gasteiger partial charge in [0.05, 0.1) is 0 Å². The predicted octanol–water partition coefficient (Wildman–Crippen LogP) is 1.52. The van der Waals surface area contributed by atoms with Crippen molar-refractivity contribution in [3.63, 3.8) is 0 Å². The first-order chi connectivity index (χ1) is 7.22. The molecule has 2 fully saturated rings. The molecule has 2 aliphatic heterocycles. The minimum absolute atomic E-state index is 0. The van der Waals surface area contributed by atoms with Crippen molar-refractivity contribution in [1.82, 2.24) is 10.2 Å². The fourth-order valence-electron chi connectivity index (χ4n) is 2.90. The van der Waals surface area contributed by atoms with Crippen LogP contribution < -0.4 is 5.32 Å². The summed E-state index contributed by atoms with van der Waals surface area (Å²) < 4.78 is 0. The van der Waals surface area contributed by atoms with Crippen molar-refractivity contribution in [2.45, 2.75) is 26.7 Å². The van der Waals surface area contributed by atoms with Crippen LogP contribution in [0.2, 0.25) is 0 Å². The molecule has 1 amide bonds. The molecule has 16 heavy (non-hydrogen) atoms. The highest BCUT2D eigenvalue weighted by Crippen LogP contribution is 2.27. The number of nitrogens with one attached hydrogen (secondary N) is 1. The van der Waals surface area contributed by atoms with Crippen molar-refractivity contribution in [2.24, 2.45) is 17.8 Å². The molecular formula is C12H23ClN2O. The number of hydrogen-bond acceptors (Lipinski definition) is 2. The fraction of sp³-hybridized carbons (Fsp3) is 0.917. The maximum absolute atomic E-state index is 12.1. The number of nitrogens with zero attached hydrogens (tertiary/aromatic N) is 1. The Morgan fingerprint density at radius 3 is 2.44 bits per heavy atom. The standard InChI is InChI=1S/C12H22N2O.ClH/c1-3-4-9(2)12(15)14-7-10-5-13-6-11(10)8-14;/h9-11,13H,3-8H2,1-2H3;1H/t9?,10-,11+;. The van der Waals surface area contributed by atoms with Crippen LogP contribution in [0.25, 0.3) is 0 Å². The van der Waals surface area contributed by atoms with E-state index in [-0.39, 0.29) is 18.3 Å². The van der Waals surface area contributed by atoms with Crippen LogP contribution >= 0.6 is 12.4 Å². The summed E-state index contributed by atoms with van der Waals surface area (Å²) in [6.07, 6.45) is 2.14. The van der Waals surface area contributed by atoms with Crippen LogP contribution in [0.1, 0.15) is 26.7 Å². The number of amides is 1. The maximum atomic E-state index is 12.1. The number of carbonyl (C=O) groups is 1. The van der Waals surface area contributed by atoms with E-state index >= 15 is 0 Å². The van der Waals surface area contributed by atoms with Gasteiger partial charge in [0.25, 0.3) is 0 Å². The number of halogens is 1. The maximum Gasteiger partial charge on any atom is 0.225 e. The molecule has 0 radical (unpaired) electrons. The molecule has 2 rings (SSSR count). The van der Waals surface area contributed by atoms with Crippen molar-refractivity contribution in [2.75, 3.05) is 26.2 Å². The number of fused-ring (bicyclic) bond motifs is 1. The molecule has 1 unspecified atom stereocenters. The summed E-state index contributed by atoms with van der Waals surface area (Å²) in [7, 11) is 0. The lowest BCUT2D eigenvalue weighted by atomic mass is 10.0. The molecule has 3 atom stereocenters. The summed E-state index contributed by atoms with van der Waals surface area (Å²) in [5.74, 6) is 2.05. The number of carbonyl (C=O) groups excluding carboxylic acids is 1. The van der Waals surface area contributed by atoms with Crippen LogP contribution in [0.4, 0.5) is 0 Å². The van der Waals surface area contributed by atoms with Crippen LogP contribution in [-0.4, -0.2) is 37.0 Å². The Kier molecular flexibility index (Phi) is 5.06. The molecule has 0 aromatic rings. The van der Waals surface area contributed by atoms with Gasteiger partial charge in [0.1, 0.15) is 0 Å². The summed E-state index contributed by atoms with van der Waals surface area (Å²) in [6, 6.07) is 0. The molecule has 0 aliphatic carbocycles. The molecule has 0 saturated carbocycles. The highest BCUT2D eigenvalue weighted by Gasteiger charge is 2.38. The van der Waals surface area contributed by atoms with Gasteiger partial charge < -0.3 is 10.2 Å². The lowest BCUT2D eigenvalue weighted by molar-refractivity contribution is -0.134. The van der Waals surface area contributed by atoms with Crippen LogP contribution in [0.3, 0.4) is 0 Å². The van der Waals surface area contributed by atoms with Crippen molar-refractivity contribution < 1.29 is 4.79 Å². The molecule has 4 heteroatoms. The Labute approximate surface area is 104 Å². The van der Waals surface area contributed by atoms with Crippen molar-refractivity contribution in [3.8, 4) is 0 Å². The first kappa shape index (κ1) is 13.8. The number of likely N-dealkylation sites (tertiary alicyclic amines) is 1. The molecule has 0 aromatic carbocycles. The number of hydrogen-bond donors (Lipinski definition) is 1. The predicted molar refractivity (Wildman–Crippen MR) is 67.7 cm³/mol. The van der Waals surface area contributed by atoms with Gasteiger partial charge in [-0.05, 0) is 18.3 Å². The zero-order valence-corrected chi connectivity index (χ0v) is 11.1. The lowest BCUT2D eigenvalue weighted by Gasteiger charge is -2.21. The second-order valence-corrected chi connectivity index (χ2v) is 5.11. The second-order valence-electron chi connectivity index (χ2n) is 5.11. The van der Waals surface area contributed by atoms with E-state index in [2.05, 4.69) is 24.1 Å². The zero-order chi connectivity index (χ0) is 10.8. The molecule has 2 heterocycles. The van der Waals surface area contributed by atoms with Gasteiger partial charge in [-0.25, -0.2) is 0 Å². The fourth-order valence-corrected chi connectivity index (χ4v) is 2.90. The monoisotopic (exact) mass is 246 g/mol. The largest absolute Gasteiger partial charge is 0.342 e. The molecule has 94 valence electrons. The topological polar surface area (TPSA) is 32.3 Å². The summed E-state index contributed by atoms with van der Waals surface area (Å²) in [5.41, 5.74) is 0. The number of rotatable bonds is 3. The minimum Gasteiger partial charge on any atom is -0.342 e. The van der Waals surface area contributed by atoms with E-state index < -0.39 is 0 Å². The first-order valence-corrected chi connectivity index (χ1v) is 6.22. The Hall–Kier alpha value is -0.280. The lowest BCUT2D eigenvalue weighted by Crippen LogP contribution is -2.35. The normalized spacial score (nSPS) is 29.8. The third-order valence-electron chi connectivity index (χ3n) is 3.84. The smallest absolute Gasteiger partial charge is 0.225 e. The second kappa shape index (κ2) is 5.87. The van der Waals surface area contributed by atoms with E-state index in [1.807, 2.05) is 0 Å². The molecule has 0 bridgehead atoms. The first-order valence-electron chi connectivity index (χ1n) is 6.22. The molecule has 2 saturated heterocycles. The molecule has 2 aliphatic rings. The summed E-state index contributed by atoms with van der Waals surface area (Å²) in [6.45, 7) is 8.41. The quantitative estimate of drug-likeness (QED) is 0.819. The Balaban J connectivity index is 0.00000128. The Morgan fingerprint density at radius 2 is 1.94 bits per heavy atom. The molecule has 3 nitrogen and oxygen atoms in total. The van der Waals surface area contributed by atoms with Gasteiger partial charge in [-0.2, -0.15) is 0 Å². The minimum atomic E-state index is 0. The van der Waals surface area contributed by atoms with Gasteiger partial charge in [-0.1, -0.05) is 20.3 Å². The van der Waals surface area contributed by atoms with Gasteiger partial charge >= 0.3 is 0 Å².